The molecular weight excluding hydrogens is 429 g/mol. The molecule has 0 spiro atoms. The maximum absolute atomic E-state index is 13.1. The van der Waals surface area contributed by atoms with Crippen molar-refractivity contribution in [3.05, 3.63) is 57.7 Å². The Kier molecular flexibility index (Phi) is 6.34. The Bertz CT molecular complexity index is 1010. The van der Waals surface area contributed by atoms with Crippen LogP contribution in [0.15, 0.2) is 35.6 Å². The van der Waals surface area contributed by atoms with Crippen molar-refractivity contribution in [2.75, 3.05) is 5.32 Å². The summed E-state index contributed by atoms with van der Waals surface area (Å²) < 4.78 is 27.5. The monoisotopic (exact) mass is 440 g/mol. The number of benzene rings is 1. The largest absolute Gasteiger partial charge is 0.363 e. The topological polar surface area (TPSA) is 79.4 Å². The molecule has 3 aromatic rings. The summed E-state index contributed by atoms with van der Waals surface area (Å²) in [5.41, 5.74) is 1.51. The summed E-state index contributed by atoms with van der Waals surface area (Å²) in [6.45, 7) is 1.99. The summed E-state index contributed by atoms with van der Waals surface area (Å²) in [5, 5.41) is 17.1. The second-order valence-corrected chi connectivity index (χ2v) is 7.37. The molecule has 0 saturated heterocycles. The standard InChI is InChI=1S/C17H12Cl2F2N6S/c1-9-4-11(18)14(12(19)5-9)27-16(25-8-10-7-23-2-3-24-10)15(28-17(20)21)13(6-22)26-27/h2-5,7,17,25H,8H2,1H3. The third kappa shape index (κ3) is 4.35. The van der Waals surface area contributed by atoms with E-state index in [1.165, 1.54) is 23.3 Å². The van der Waals surface area contributed by atoms with E-state index in [2.05, 4.69) is 20.4 Å². The molecule has 1 aromatic carbocycles. The van der Waals surface area contributed by atoms with Crippen molar-refractivity contribution < 1.29 is 8.78 Å². The lowest BCUT2D eigenvalue weighted by atomic mass is 10.2. The lowest BCUT2D eigenvalue weighted by Crippen LogP contribution is -2.09. The Morgan fingerprint density at radius 1 is 1.29 bits per heavy atom. The highest BCUT2D eigenvalue weighted by molar-refractivity contribution is 7.99. The van der Waals surface area contributed by atoms with Crippen LogP contribution in [0.5, 0.6) is 0 Å². The van der Waals surface area contributed by atoms with Crippen molar-refractivity contribution in [3.63, 3.8) is 0 Å². The molecule has 0 aliphatic heterocycles. The zero-order chi connectivity index (χ0) is 20.3. The second kappa shape index (κ2) is 8.73. The number of rotatable bonds is 6. The highest BCUT2D eigenvalue weighted by Crippen LogP contribution is 2.39. The van der Waals surface area contributed by atoms with Gasteiger partial charge in [0.15, 0.2) is 5.69 Å². The lowest BCUT2D eigenvalue weighted by Gasteiger charge is -2.14. The van der Waals surface area contributed by atoms with Gasteiger partial charge in [0.05, 0.1) is 33.4 Å². The number of thioether (sulfide) groups is 1. The highest BCUT2D eigenvalue weighted by atomic mass is 35.5. The molecule has 0 fully saturated rings. The number of nitrogens with zero attached hydrogens (tertiary/aromatic N) is 5. The smallest absolute Gasteiger partial charge is 0.289 e. The molecule has 0 atom stereocenters. The summed E-state index contributed by atoms with van der Waals surface area (Å²) >= 11 is 12.9. The third-order valence-electron chi connectivity index (χ3n) is 3.58. The van der Waals surface area contributed by atoms with E-state index < -0.39 is 5.76 Å². The fourth-order valence-corrected chi connectivity index (χ4v) is 3.89. The molecule has 1 N–H and O–H groups in total. The van der Waals surface area contributed by atoms with Gasteiger partial charge in [-0.25, -0.2) is 4.68 Å². The molecule has 28 heavy (non-hydrogen) atoms. The zero-order valence-corrected chi connectivity index (χ0v) is 16.7. The van der Waals surface area contributed by atoms with Crippen LogP contribution in [-0.4, -0.2) is 25.5 Å². The van der Waals surface area contributed by atoms with E-state index in [9.17, 15) is 14.0 Å². The molecule has 0 amide bonds. The van der Waals surface area contributed by atoms with E-state index in [0.717, 1.165) is 5.56 Å². The molecule has 6 nitrogen and oxygen atoms in total. The van der Waals surface area contributed by atoms with Crippen molar-refractivity contribution in [3.8, 4) is 11.8 Å². The van der Waals surface area contributed by atoms with Crippen LogP contribution in [0.4, 0.5) is 14.6 Å². The predicted molar refractivity (Wildman–Crippen MR) is 104 cm³/mol. The van der Waals surface area contributed by atoms with Crippen LogP contribution in [0.25, 0.3) is 5.69 Å². The van der Waals surface area contributed by atoms with Gasteiger partial charge in [-0.3, -0.25) is 9.97 Å². The molecule has 0 radical (unpaired) electrons. The Balaban J connectivity index is 2.14. The van der Waals surface area contributed by atoms with Crippen LogP contribution >= 0.6 is 35.0 Å². The number of nitriles is 1. The molecular formula is C17H12Cl2F2N6S. The Morgan fingerprint density at radius 3 is 2.57 bits per heavy atom. The maximum atomic E-state index is 13.1. The zero-order valence-electron chi connectivity index (χ0n) is 14.3. The van der Waals surface area contributed by atoms with Crippen molar-refractivity contribution in [1.29, 1.82) is 5.26 Å². The number of alkyl halides is 2. The van der Waals surface area contributed by atoms with Crippen LogP contribution in [0.3, 0.4) is 0 Å². The number of halogens is 4. The molecule has 144 valence electrons. The molecule has 2 aromatic heterocycles. The van der Waals surface area contributed by atoms with Gasteiger partial charge >= 0.3 is 0 Å². The first-order valence-electron chi connectivity index (χ1n) is 7.83. The normalized spacial score (nSPS) is 10.9. The predicted octanol–water partition coefficient (Wildman–Crippen LogP) is 5.08. The number of aromatic nitrogens is 4. The van der Waals surface area contributed by atoms with Crippen molar-refractivity contribution in [2.24, 2.45) is 0 Å². The third-order valence-corrected chi connectivity index (χ3v) is 4.96. The summed E-state index contributed by atoms with van der Waals surface area (Å²) in [4.78, 5) is 8.09. The molecule has 0 aliphatic carbocycles. The minimum atomic E-state index is -2.74. The van der Waals surface area contributed by atoms with Crippen LogP contribution < -0.4 is 5.32 Å². The number of nitrogens with one attached hydrogen (secondary N) is 1. The summed E-state index contributed by atoms with van der Waals surface area (Å²) in [7, 11) is 0. The van der Waals surface area contributed by atoms with Gasteiger partial charge < -0.3 is 5.32 Å². The van der Waals surface area contributed by atoms with Gasteiger partial charge in [-0.2, -0.15) is 19.1 Å². The van der Waals surface area contributed by atoms with Gasteiger partial charge in [-0.05, 0) is 36.4 Å². The summed E-state index contributed by atoms with van der Waals surface area (Å²) in [5.74, 6) is -2.58. The van der Waals surface area contributed by atoms with Crippen molar-refractivity contribution in [2.45, 2.75) is 24.1 Å². The molecule has 0 aliphatic rings. The minimum absolute atomic E-state index is 0.00546. The van der Waals surface area contributed by atoms with Crippen LogP contribution in [-0.2, 0) is 6.54 Å². The average Bonchev–Trinajstić information content (AvgIpc) is 2.96. The van der Waals surface area contributed by atoms with Gasteiger partial charge in [0, 0.05) is 12.4 Å². The molecule has 3 rings (SSSR count). The van der Waals surface area contributed by atoms with E-state index >= 15 is 0 Å². The first kappa shape index (κ1) is 20.3. The average molecular weight is 441 g/mol. The highest BCUT2D eigenvalue weighted by Gasteiger charge is 2.25. The lowest BCUT2D eigenvalue weighted by molar-refractivity contribution is 0.252. The number of aryl methyl sites for hydroxylation is 1. The Labute approximate surface area is 173 Å². The van der Waals surface area contributed by atoms with Crippen LogP contribution in [0.1, 0.15) is 17.0 Å². The van der Waals surface area contributed by atoms with Gasteiger partial charge in [-0.15, -0.1) is 0 Å². The number of hydrogen-bond donors (Lipinski definition) is 1. The molecule has 0 saturated carbocycles. The molecule has 0 unspecified atom stereocenters. The van der Waals surface area contributed by atoms with E-state index in [1.807, 2.05) is 13.0 Å². The van der Waals surface area contributed by atoms with E-state index in [-0.39, 0.29) is 50.4 Å². The Hall–Kier alpha value is -2.41. The van der Waals surface area contributed by atoms with Gasteiger partial charge in [0.25, 0.3) is 5.76 Å². The molecule has 11 heteroatoms. The van der Waals surface area contributed by atoms with E-state index in [4.69, 9.17) is 23.2 Å². The van der Waals surface area contributed by atoms with E-state index in [0.29, 0.717) is 5.69 Å². The van der Waals surface area contributed by atoms with Crippen LogP contribution in [0.2, 0.25) is 10.0 Å². The number of anilines is 1. The van der Waals surface area contributed by atoms with Gasteiger partial charge in [0.1, 0.15) is 17.6 Å². The fraction of sp³-hybridized carbons (Fsp3) is 0.176. The SMILES string of the molecule is Cc1cc(Cl)c(-n2nc(C#N)c(SC(F)F)c2NCc2cnccn2)c(Cl)c1. The first-order chi connectivity index (χ1) is 13.4. The fourth-order valence-electron chi connectivity index (χ4n) is 2.48. The minimum Gasteiger partial charge on any atom is -0.363 e. The van der Waals surface area contributed by atoms with Crippen molar-refractivity contribution >= 4 is 40.8 Å². The summed E-state index contributed by atoms with van der Waals surface area (Å²) in [6.07, 6.45) is 4.56. The maximum Gasteiger partial charge on any atom is 0.289 e. The van der Waals surface area contributed by atoms with E-state index in [1.54, 1.807) is 12.1 Å². The molecule has 2 heterocycles. The second-order valence-electron chi connectivity index (χ2n) is 5.56. The first-order valence-corrected chi connectivity index (χ1v) is 9.47. The number of hydrogen-bond acceptors (Lipinski definition) is 6. The van der Waals surface area contributed by atoms with Crippen molar-refractivity contribution in [1.82, 2.24) is 19.7 Å². The van der Waals surface area contributed by atoms with Gasteiger partial charge in [-0.1, -0.05) is 23.2 Å². The molecule has 0 bridgehead atoms. The van der Waals surface area contributed by atoms with Gasteiger partial charge in [0.2, 0.25) is 0 Å². The van der Waals surface area contributed by atoms with Crippen LogP contribution in [0, 0.1) is 18.3 Å². The quantitative estimate of drug-likeness (QED) is 0.538. The Morgan fingerprint density at radius 2 is 2.00 bits per heavy atom. The summed E-state index contributed by atoms with van der Waals surface area (Å²) in [6, 6.07) is 5.18.